The van der Waals surface area contributed by atoms with Crippen LogP contribution in [0.4, 0.5) is 8.78 Å². The molecule has 2 aromatic rings. The second-order valence-corrected chi connectivity index (χ2v) is 9.96. The number of alkyl halides is 2. The highest BCUT2D eigenvalue weighted by molar-refractivity contribution is 5.87. The van der Waals surface area contributed by atoms with E-state index in [0.29, 0.717) is 24.4 Å². The molecule has 12 heteroatoms. The highest BCUT2D eigenvalue weighted by Gasteiger charge is 2.12. The van der Waals surface area contributed by atoms with Crippen molar-refractivity contribution in [3.8, 4) is 17.2 Å². The third-order valence-electron chi connectivity index (χ3n) is 6.40. The average molecular weight is 708 g/mol. The predicted octanol–water partition coefficient (Wildman–Crippen LogP) is 9.51. The molecule has 0 aliphatic heterocycles. The molecule has 0 radical (unpaired) electrons. The topological polar surface area (TPSA) is 123 Å². The highest BCUT2D eigenvalue weighted by Crippen LogP contribution is 2.28. The van der Waals surface area contributed by atoms with Gasteiger partial charge in [-0.15, -0.1) is 10.1 Å². The molecule has 10 nitrogen and oxygen atoms in total. The van der Waals surface area contributed by atoms with Crippen LogP contribution in [0.25, 0.3) is 6.08 Å². The fourth-order valence-electron chi connectivity index (χ4n) is 4.07. The highest BCUT2D eigenvalue weighted by atomic mass is 19.1. The van der Waals surface area contributed by atoms with E-state index in [9.17, 15) is 28.5 Å². The van der Waals surface area contributed by atoms with Gasteiger partial charge in [0.15, 0.2) is 17.7 Å². The molecule has 0 heterocycles. The zero-order valence-corrected chi connectivity index (χ0v) is 30.3. The number of allylic oxidation sites excluding steroid dienone is 3. The van der Waals surface area contributed by atoms with Gasteiger partial charge in [-0.2, -0.15) is 0 Å². The van der Waals surface area contributed by atoms with Crippen molar-refractivity contribution >= 4 is 18.5 Å². The number of hydrogen-bond acceptors (Lipinski definition) is 9. The lowest BCUT2D eigenvalue weighted by atomic mass is 10.1. The number of carbonyl (C=O) groups is 2. The molecule has 0 bridgehead atoms. The second-order valence-electron chi connectivity index (χ2n) is 9.96. The predicted molar refractivity (Wildman–Crippen MR) is 193 cm³/mol. The molecule has 0 N–H and O–H groups in total. The Balaban J connectivity index is 0. The maximum atomic E-state index is 13.5. The monoisotopic (exact) mass is 707 g/mol. The summed E-state index contributed by atoms with van der Waals surface area (Å²) in [5.41, 5.74) is 0.605. The van der Waals surface area contributed by atoms with Crippen molar-refractivity contribution in [2.24, 2.45) is 5.92 Å². The fraction of sp³-hybridized carbons (Fsp3) is 0.474. The number of hydrogen-bond donors (Lipinski definition) is 0. The average Bonchev–Trinajstić information content (AvgIpc) is 3.68. The molecule has 2 aromatic carbocycles. The van der Waals surface area contributed by atoms with Crippen LogP contribution in [0.3, 0.4) is 0 Å². The first-order valence-electron chi connectivity index (χ1n) is 16.7. The number of unbranched alkanes of at least 4 members (excludes halogenated alkanes) is 2. The zero-order chi connectivity index (χ0) is 37.8. The Morgan fingerprint density at radius 1 is 1.06 bits per heavy atom. The van der Waals surface area contributed by atoms with Crippen molar-refractivity contribution in [2.45, 2.75) is 78.8 Å². The van der Waals surface area contributed by atoms with Crippen LogP contribution in [0.1, 0.15) is 78.2 Å². The number of rotatable bonds is 17. The minimum Gasteiger partial charge on any atom is -0.493 e. The Morgan fingerprint density at radius 2 is 1.74 bits per heavy atom. The number of ether oxygens (including phenoxy) is 4. The molecule has 0 amide bonds. The number of para-hydroxylation sites is 1. The normalized spacial score (nSPS) is 12.5. The first kappa shape index (κ1) is 47.4. The summed E-state index contributed by atoms with van der Waals surface area (Å²) in [7, 11) is 1.91. The van der Waals surface area contributed by atoms with Crippen molar-refractivity contribution in [2.75, 3.05) is 34.1 Å². The summed E-state index contributed by atoms with van der Waals surface area (Å²) in [4.78, 5) is 35.5. The summed E-state index contributed by atoms with van der Waals surface area (Å²) < 4.78 is 42.8. The summed E-state index contributed by atoms with van der Waals surface area (Å²) in [5, 5.41) is 8.90. The van der Waals surface area contributed by atoms with E-state index in [1.807, 2.05) is 50.3 Å². The number of nitrogens with zero attached hydrogens (tertiary/aromatic N) is 1. The lowest BCUT2D eigenvalue weighted by molar-refractivity contribution is -0.757. The molecule has 1 saturated carbocycles. The molecule has 50 heavy (non-hydrogen) atoms. The van der Waals surface area contributed by atoms with E-state index >= 15 is 0 Å². The Hall–Kier alpha value is -4.74. The van der Waals surface area contributed by atoms with Gasteiger partial charge in [0, 0.05) is 6.08 Å². The van der Waals surface area contributed by atoms with Crippen LogP contribution >= 0.6 is 0 Å². The van der Waals surface area contributed by atoms with E-state index in [2.05, 4.69) is 35.6 Å². The largest absolute Gasteiger partial charge is 0.493 e. The molecule has 0 saturated heterocycles. The van der Waals surface area contributed by atoms with Gasteiger partial charge >= 0.3 is 5.97 Å². The molecular formula is C38H55F2NO9. The molecule has 0 aromatic heterocycles. The van der Waals surface area contributed by atoms with Gasteiger partial charge in [0.1, 0.15) is 25.6 Å². The van der Waals surface area contributed by atoms with Crippen LogP contribution in [0.15, 0.2) is 78.9 Å². The molecular weight excluding hydrogens is 652 g/mol. The van der Waals surface area contributed by atoms with Gasteiger partial charge in [0.05, 0.1) is 14.3 Å². The summed E-state index contributed by atoms with van der Waals surface area (Å²) in [6.45, 7) is 8.09. The van der Waals surface area contributed by atoms with Gasteiger partial charge in [-0.3, -0.25) is 9.18 Å². The summed E-state index contributed by atoms with van der Waals surface area (Å²) >= 11 is 0. The Labute approximate surface area is 296 Å². The number of esters is 1. The van der Waals surface area contributed by atoms with Crippen LogP contribution in [0, 0.1) is 16.0 Å². The van der Waals surface area contributed by atoms with Gasteiger partial charge in [-0.1, -0.05) is 95.0 Å². The summed E-state index contributed by atoms with van der Waals surface area (Å²) in [5.74, 6) is 1.20. The van der Waals surface area contributed by atoms with Crippen molar-refractivity contribution in [3.63, 3.8) is 0 Å². The Bertz CT molecular complexity index is 1220. The van der Waals surface area contributed by atoms with Crippen molar-refractivity contribution in [1.29, 1.82) is 0 Å². The third kappa shape index (κ3) is 26.2. The lowest BCUT2D eigenvalue weighted by Crippen LogP contribution is -2.11. The maximum absolute atomic E-state index is 13.5. The van der Waals surface area contributed by atoms with Crippen molar-refractivity contribution in [1.82, 2.24) is 0 Å². The lowest BCUT2D eigenvalue weighted by Gasteiger charge is -2.08. The third-order valence-corrected chi connectivity index (χ3v) is 6.40. The minimum atomic E-state index is -1.00. The molecule has 1 aliphatic rings. The van der Waals surface area contributed by atoms with Crippen LogP contribution in [0.2, 0.25) is 0 Å². The smallest absolute Gasteiger partial charge is 0.330 e. The molecule has 0 spiro atoms. The fourth-order valence-corrected chi connectivity index (χ4v) is 4.07. The van der Waals surface area contributed by atoms with E-state index in [4.69, 9.17) is 14.2 Å². The molecule has 3 rings (SSSR count). The van der Waals surface area contributed by atoms with E-state index in [0.717, 1.165) is 11.8 Å². The first-order valence-corrected chi connectivity index (χ1v) is 16.7. The molecule has 1 atom stereocenters. The van der Waals surface area contributed by atoms with E-state index in [1.165, 1.54) is 64.2 Å². The van der Waals surface area contributed by atoms with Crippen molar-refractivity contribution < 1.29 is 47.2 Å². The number of benzene rings is 2. The minimum absolute atomic E-state index is 0.104. The van der Waals surface area contributed by atoms with Gasteiger partial charge in [-0.25, -0.2) is 9.18 Å². The van der Waals surface area contributed by atoms with Gasteiger partial charge < -0.3 is 23.8 Å². The van der Waals surface area contributed by atoms with Gasteiger partial charge in [0.25, 0.3) is 11.6 Å². The van der Waals surface area contributed by atoms with E-state index in [1.54, 1.807) is 18.2 Å². The molecule has 1 fully saturated rings. The zero-order valence-electron chi connectivity index (χ0n) is 30.3. The van der Waals surface area contributed by atoms with Crippen LogP contribution in [-0.4, -0.2) is 57.8 Å². The SMILES string of the molecule is C/C=C\CCCC.CC.CF.COc1cc(/C=C/C(=O)OCCO[N+](=O)[O-])ccc1OC=O.FC(/C=C/C1CCCC1)COc1ccccc1. The number of carbonyl (C=O) groups excluding carboxylic acids is 2. The number of methoxy groups -OCH3 is 1. The second kappa shape index (κ2) is 34.1. The van der Waals surface area contributed by atoms with Gasteiger partial charge in [-0.05, 0) is 68.0 Å². The number of halogens is 2. The van der Waals surface area contributed by atoms with E-state index in [-0.39, 0.29) is 32.0 Å². The standard InChI is InChI=1S/C15H19FO.C13H13NO8.C7H14.C2H6.CH3F/c16-14(11-10-13-6-4-5-7-13)12-17-15-8-2-1-3-9-15;1-19-12-8-10(2-4-11(12)21-9-15)3-5-13(16)20-6-7-22-14(17)18;1-3-5-7-6-4-2;2*1-2/h1-3,8-11,13-14H,4-7,12H2;2-5,8-9H,6-7H2,1H3;3,5H,4,6-7H2,1-2H3;1-2H3;1H3/b11-10+;5-3+;5-3-;;. The molecule has 280 valence electrons. The first-order chi connectivity index (χ1) is 24.3. The Kier molecular flexibility index (Phi) is 32.3. The Morgan fingerprint density at radius 3 is 2.32 bits per heavy atom. The summed E-state index contributed by atoms with van der Waals surface area (Å²) in [6, 6.07) is 14.0. The van der Waals surface area contributed by atoms with Gasteiger partial charge in [0.2, 0.25) is 0 Å². The van der Waals surface area contributed by atoms with Crippen LogP contribution < -0.4 is 14.2 Å². The molecule has 1 unspecified atom stereocenters. The van der Waals surface area contributed by atoms with Crippen LogP contribution in [0.5, 0.6) is 17.2 Å². The summed E-state index contributed by atoms with van der Waals surface area (Å²) in [6.07, 6.45) is 18.5. The quantitative estimate of drug-likeness (QED) is 0.0301. The van der Waals surface area contributed by atoms with Crippen LogP contribution in [-0.2, 0) is 19.2 Å². The van der Waals surface area contributed by atoms with E-state index < -0.39 is 17.2 Å². The van der Waals surface area contributed by atoms with Crippen molar-refractivity contribution in [3.05, 3.63) is 94.6 Å². The molecule has 1 aliphatic carbocycles. The maximum Gasteiger partial charge on any atom is 0.330 e.